The van der Waals surface area contributed by atoms with E-state index in [4.69, 9.17) is 0 Å². The second-order valence-electron chi connectivity index (χ2n) is 4.82. The topological polar surface area (TPSA) is 32.3 Å². The van der Waals surface area contributed by atoms with Crippen LogP contribution in [0.3, 0.4) is 0 Å². The SMILES string of the molecule is CCCC1NC(CC)N(C(C)CCC)C1=O. The number of nitrogens with one attached hydrogen (secondary N) is 1. The summed E-state index contributed by atoms with van der Waals surface area (Å²) >= 11 is 0. The highest BCUT2D eigenvalue weighted by atomic mass is 16.2. The van der Waals surface area contributed by atoms with Gasteiger partial charge in [-0.2, -0.15) is 0 Å². The summed E-state index contributed by atoms with van der Waals surface area (Å²) in [6.07, 6.45) is 5.52. The van der Waals surface area contributed by atoms with Crippen LogP contribution in [0.25, 0.3) is 0 Å². The Hall–Kier alpha value is -0.570. The molecule has 0 aromatic heterocycles. The highest BCUT2D eigenvalue weighted by Crippen LogP contribution is 2.21. The average Bonchev–Trinajstić information content (AvgIpc) is 2.57. The number of carbonyl (C=O) groups is 1. The second kappa shape index (κ2) is 6.24. The minimum absolute atomic E-state index is 0.0641. The van der Waals surface area contributed by atoms with Gasteiger partial charge >= 0.3 is 0 Å². The normalized spacial score (nSPS) is 27.5. The molecule has 3 atom stereocenters. The van der Waals surface area contributed by atoms with Gasteiger partial charge in [-0.05, 0) is 26.2 Å². The highest BCUT2D eigenvalue weighted by molar-refractivity contribution is 5.84. The molecule has 0 bridgehead atoms. The number of amides is 1. The van der Waals surface area contributed by atoms with Crippen LogP contribution in [0.4, 0.5) is 0 Å². The van der Waals surface area contributed by atoms with Gasteiger partial charge in [0, 0.05) is 6.04 Å². The van der Waals surface area contributed by atoms with Gasteiger partial charge in [-0.1, -0.05) is 33.6 Å². The molecule has 3 nitrogen and oxygen atoms in total. The molecule has 0 aromatic rings. The molecular weight excluding hydrogens is 200 g/mol. The van der Waals surface area contributed by atoms with E-state index in [9.17, 15) is 4.79 Å². The van der Waals surface area contributed by atoms with E-state index in [-0.39, 0.29) is 12.2 Å². The van der Waals surface area contributed by atoms with E-state index in [1.54, 1.807) is 0 Å². The van der Waals surface area contributed by atoms with Gasteiger partial charge in [0.25, 0.3) is 0 Å². The third-order valence-corrected chi connectivity index (χ3v) is 3.43. The maximum absolute atomic E-state index is 12.2. The minimum Gasteiger partial charge on any atom is -0.323 e. The predicted molar refractivity (Wildman–Crippen MR) is 67.1 cm³/mol. The second-order valence-corrected chi connectivity index (χ2v) is 4.82. The van der Waals surface area contributed by atoms with Gasteiger partial charge in [0.05, 0.1) is 12.2 Å². The zero-order valence-corrected chi connectivity index (χ0v) is 11.1. The van der Waals surface area contributed by atoms with Gasteiger partial charge < -0.3 is 4.90 Å². The van der Waals surface area contributed by atoms with E-state index >= 15 is 0 Å². The molecule has 1 aliphatic rings. The number of carbonyl (C=O) groups excluding carboxylic acids is 1. The van der Waals surface area contributed by atoms with Crippen molar-refractivity contribution in [1.29, 1.82) is 0 Å². The Morgan fingerprint density at radius 1 is 1.31 bits per heavy atom. The molecule has 3 heteroatoms. The number of nitrogens with zero attached hydrogens (tertiary/aromatic N) is 1. The molecule has 94 valence electrons. The summed E-state index contributed by atoms with van der Waals surface area (Å²) < 4.78 is 0. The molecule has 3 unspecified atom stereocenters. The largest absolute Gasteiger partial charge is 0.323 e. The fraction of sp³-hybridized carbons (Fsp3) is 0.923. The van der Waals surface area contributed by atoms with Crippen LogP contribution in [0.15, 0.2) is 0 Å². The Morgan fingerprint density at radius 2 is 2.00 bits per heavy atom. The van der Waals surface area contributed by atoms with Crippen LogP contribution in [0.5, 0.6) is 0 Å². The van der Waals surface area contributed by atoms with Gasteiger partial charge in [-0.15, -0.1) is 0 Å². The quantitative estimate of drug-likeness (QED) is 0.754. The van der Waals surface area contributed by atoms with Crippen LogP contribution >= 0.6 is 0 Å². The molecule has 0 aliphatic carbocycles. The molecule has 0 saturated carbocycles. The Bertz CT molecular complexity index is 230. The molecule has 1 saturated heterocycles. The van der Waals surface area contributed by atoms with E-state index < -0.39 is 0 Å². The van der Waals surface area contributed by atoms with Gasteiger partial charge in [-0.3, -0.25) is 10.1 Å². The Labute approximate surface area is 99.6 Å². The fourth-order valence-electron chi connectivity index (χ4n) is 2.61. The number of hydrogen-bond donors (Lipinski definition) is 1. The maximum Gasteiger partial charge on any atom is 0.241 e. The van der Waals surface area contributed by atoms with Crippen LogP contribution in [-0.4, -0.2) is 29.1 Å². The molecule has 1 fully saturated rings. The Balaban J connectivity index is 2.69. The van der Waals surface area contributed by atoms with Crippen LogP contribution in [0.2, 0.25) is 0 Å². The monoisotopic (exact) mass is 226 g/mol. The van der Waals surface area contributed by atoms with Crippen molar-refractivity contribution >= 4 is 5.91 Å². The highest BCUT2D eigenvalue weighted by Gasteiger charge is 2.39. The Morgan fingerprint density at radius 3 is 2.50 bits per heavy atom. The molecule has 1 aliphatic heterocycles. The molecular formula is C13H26N2O. The summed E-state index contributed by atoms with van der Waals surface area (Å²) in [5.74, 6) is 0.314. The van der Waals surface area contributed by atoms with Crippen molar-refractivity contribution < 1.29 is 4.79 Å². The maximum atomic E-state index is 12.2. The summed E-state index contributed by atoms with van der Waals surface area (Å²) in [7, 11) is 0. The summed E-state index contributed by atoms with van der Waals surface area (Å²) in [6, 6.07) is 0.436. The summed E-state index contributed by atoms with van der Waals surface area (Å²) in [5, 5.41) is 3.46. The van der Waals surface area contributed by atoms with E-state index in [2.05, 4.69) is 37.9 Å². The lowest BCUT2D eigenvalue weighted by Gasteiger charge is -2.29. The van der Waals surface area contributed by atoms with Gasteiger partial charge in [-0.25, -0.2) is 0 Å². The molecule has 1 heterocycles. The minimum atomic E-state index is 0.0641. The van der Waals surface area contributed by atoms with Gasteiger partial charge in [0.2, 0.25) is 5.91 Å². The standard InChI is InChI=1S/C13H26N2O/c1-5-8-10(4)15-12(7-3)14-11(9-6-2)13(15)16/h10-12,14H,5-9H2,1-4H3. The molecule has 1 rings (SSSR count). The average molecular weight is 226 g/mol. The van der Waals surface area contributed by atoms with Crippen molar-refractivity contribution in [2.24, 2.45) is 0 Å². The first kappa shape index (κ1) is 13.5. The van der Waals surface area contributed by atoms with Crippen molar-refractivity contribution in [2.75, 3.05) is 0 Å². The zero-order chi connectivity index (χ0) is 12.1. The molecule has 0 spiro atoms. The molecule has 16 heavy (non-hydrogen) atoms. The molecule has 1 N–H and O–H groups in total. The Kier molecular flexibility index (Phi) is 5.26. The van der Waals surface area contributed by atoms with Crippen molar-refractivity contribution in [3.05, 3.63) is 0 Å². The van der Waals surface area contributed by atoms with E-state index in [1.165, 1.54) is 0 Å². The summed E-state index contributed by atoms with van der Waals surface area (Å²) in [6.45, 7) is 8.62. The van der Waals surface area contributed by atoms with Crippen LogP contribution < -0.4 is 5.32 Å². The fourth-order valence-corrected chi connectivity index (χ4v) is 2.61. The third kappa shape index (κ3) is 2.76. The lowest BCUT2D eigenvalue weighted by atomic mass is 10.1. The van der Waals surface area contributed by atoms with Crippen molar-refractivity contribution in [3.8, 4) is 0 Å². The number of hydrogen-bond acceptors (Lipinski definition) is 2. The third-order valence-electron chi connectivity index (χ3n) is 3.43. The summed E-state index contributed by atoms with van der Waals surface area (Å²) in [4.78, 5) is 14.3. The first-order valence-corrected chi connectivity index (χ1v) is 6.73. The first-order valence-electron chi connectivity index (χ1n) is 6.73. The van der Waals surface area contributed by atoms with Crippen molar-refractivity contribution in [2.45, 2.75) is 78.0 Å². The number of rotatable bonds is 6. The lowest BCUT2D eigenvalue weighted by Crippen LogP contribution is -2.42. The smallest absolute Gasteiger partial charge is 0.241 e. The molecule has 1 amide bonds. The lowest BCUT2D eigenvalue weighted by molar-refractivity contribution is -0.132. The van der Waals surface area contributed by atoms with Gasteiger partial charge in [0.1, 0.15) is 0 Å². The first-order chi connectivity index (χ1) is 7.65. The van der Waals surface area contributed by atoms with Crippen molar-refractivity contribution in [3.63, 3.8) is 0 Å². The molecule has 0 aromatic carbocycles. The summed E-state index contributed by atoms with van der Waals surface area (Å²) in [5.41, 5.74) is 0. The van der Waals surface area contributed by atoms with E-state index in [1.807, 2.05) is 0 Å². The van der Waals surface area contributed by atoms with Crippen LogP contribution in [0, 0.1) is 0 Å². The van der Waals surface area contributed by atoms with E-state index in [0.717, 1.165) is 32.1 Å². The van der Waals surface area contributed by atoms with Crippen LogP contribution in [0.1, 0.15) is 59.8 Å². The zero-order valence-electron chi connectivity index (χ0n) is 11.1. The van der Waals surface area contributed by atoms with Crippen LogP contribution in [-0.2, 0) is 4.79 Å². The van der Waals surface area contributed by atoms with Gasteiger partial charge in [0.15, 0.2) is 0 Å². The molecule has 0 radical (unpaired) electrons. The predicted octanol–water partition coefficient (Wildman–Crippen LogP) is 2.51. The van der Waals surface area contributed by atoms with E-state index in [0.29, 0.717) is 11.9 Å². The van der Waals surface area contributed by atoms with Crippen molar-refractivity contribution in [1.82, 2.24) is 10.2 Å².